The van der Waals surface area contributed by atoms with E-state index in [-0.39, 0.29) is 16.0 Å². The number of amides is 1. The Morgan fingerprint density at radius 2 is 1.76 bits per heavy atom. The van der Waals surface area contributed by atoms with Gasteiger partial charge in [-0.15, -0.1) is 0 Å². The number of aryl methyl sites for hydroxylation is 3. The Bertz CT molecular complexity index is 862. The lowest BCUT2D eigenvalue weighted by atomic mass is 10.1. The molecule has 136 valence electrons. The van der Waals surface area contributed by atoms with Crippen LogP contribution in [0.2, 0.25) is 0 Å². The SMILES string of the molecule is CCCN(CC)C(=O)n1ccc(S(=O)(=O)c2c(C)cc(C)cc2C)n1. The van der Waals surface area contributed by atoms with Crippen LogP contribution >= 0.6 is 0 Å². The third-order valence-corrected chi connectivity index (χ3v) is 6.00. The van der Waals surface area contributed by atoms with Crippen molar-refractivity contribution in [3.8, 4) is 0 Å². The van der Waals surface area contributed by atoms with Gasteiger partial charge in [-0.1, -0.05) is 24.6 Å². The number of nitrogens with zero attached hydrogens (tertiary/aromatic N) is 3. The summed E-state index contributed by atoms with van der Waals surface area (Å²) >= 11 is 0. The number of aromatic nitrogens is 2. The monoisotopic (exact) mass is 363 g/mol. The predicted molar refractivity (Wildman–Crippen MR) is 96.7 cm³/mol. The third-order valence-electron chi connectivity index (χ3n) is 4.06. The second kappa shape index (κ2) is 7.39. The molecule has 0 aliphatic carbocycles. The second-order valence-electron chi connectivity index (χ2n) is 6.19. The standard InChI is InChI=1S/C18H25N3O3S/c1-6-9-20(7-2)18(22)21-10-8-16(19-21)25(23,24)17-14(4)11-13(3)12-15(17)5/h8,10-12H,6-7,9H2,1-5H3. The fraction of sp³-hybridized carbons (Fsp3) is 0.444. The number of hydrogen-bond donors (Lipinski definition) is 0. The van der Waals surface area contributed by atoms with Gasteiger partial charge in [0.1, 0.15) is 0 Å². The number of carbonyl (C=O) groups excluding carboxylic acids is 1. The first-order valence-electron chi connectivity index (χ1n) is 8.40. The van der Waals surface area contributed by atoms with Gasteiger partial charge in [0, 0.05) is 19.3 Å². The van der Waals surface area contributed by atoms with E-state index in [9.17, 15) is 13.2 Å². The Morgan fingerprint density at radius 3 is 2.28 bits per heavy atom. The van der Waals surface area contributed by atoms with Crippen LogP contribution in [0.4, 0.5) is 4.79 Å². The summed E-state index contributed by atoms with van der Waals surface area (Å²) in [5.74, 6) is 0. The molecule has 7 heteroatoms. The quantitative estimate of drug-likeness (QED) is 0.817. The van der Waals surface area contributed by atoms with Crippen molar-refractivity contribution >= 4 is 15.9 Å². The average molecular weight is 363 g/mol. The van der Waals surface area contributed by atoms with Gasteiger partial charge in [0.2, 0.25) is 9.84 Å². The van der Waals surface area contributed by atoms with Crippen molar-refractivity contribution in [3.63, 3.8) is 0 Å². The van der Waals surface area contributed by atoms with Gasteiger partial charge in [0.25, 0.3) is 0 Å². The Labute approximate surface area is 149 Å². The van der Waals surface area contributed by atoms with Crippen LogP contribution in [-0.2, 0) is 9.84 Å². The molecular formula is C18H25N3O3S. The molecule has 0 unspecified atom stereocenters. The van der Waals surface area contributed by atoms with Gasteiger partial charge < -0.3 is 4.90 Å². The molecular weight excluding hydrogens is 338 g/mol. The lowest BCUT2D eigenvalue weighted by molar-refractivity contribution is 0.198. The fourth-order valence-electron chi connectivity index (χ4n) is 3.06. The molecule has 0 N–H and O–H groups in total. The molecule has 1 heterocycles. The Balaban J connectivity index is 2.44. The van der Waals surface area contributed by atoms with Gasteiger partial charge in [-0.2, -0.15) is 9.78 Å². The number of benzene rings is 1. The molecule has 1 aromatic heterocycles. The summed E-state index contributed by atoms with van der Waals surface area (Å²) < 4.78 is 27.1. The van der Waals surface area contributed by atoms with Crippen molar-refractivity contribution in [2.24, 2.45) is 0 Å². The van der Waals surface area contributed by atoms with Crippen LogP contribution < -0.4 is 0 Å². The smallest absolute Gasteiger partial charge is 0.323 e. The van der Waals surface area contributed by atoms with E-state index in [0.717, 1.165) is 16.7 Å². The average Bonchev–Trinajstić information content (AvgIpc) is 3.01. The Morgan fingerprint density at radius 1 is 1.16 bits per heavy atom. The van der Waals surface area contributed by atoms with Crippen LogP contribution in [-0.4, -0.2) is 42.2 Å². The zero-order chi connectivity index (χ0) is 18.8. The highest BCUT2D eigenvalue weighted by Gasteiger charge is 2.26. The molecule has 0 aliphatic heterocycles. The van der Waals surface area contributed by atoms with Gasteiger partial charge in [-0.05, 0) is 51.3 Å². The summed E-state index contributed by atoms with van der Waals surface area (Å²) in [6.07, 6.45) is 2.24. The van der Waals surface area contributed by atoms with Crippen LogP contribution in [0.5, 0.6) is 0 Å². The third kappa shape index (κ3) is 3.76. The summed E-state index contributed by atoms with van der Waals surface area (Å²) in [6.45, 7) is 10.5. The van der Waals surface area contributed by atoms with Crippen molar-refractivity contribution in [3.05, 3.63) is 41.1 Å². The maximum Gasteiger partial charge on any atom is 0.344 e. The fourth-order valence-corrected chi connectivity index (χ4v) is 4.67. The van der Waals surface area contributed by atoms with Gasteiger partial charge in [-0.3, -0.25) is 0 Å². The summed E-state index contributed by atoms with van der Waals surface area (Å²) in [5.41, 5.74) is 2.37. The second-order valence-corrected chi connectivity index (χ2v) is 8.03. The zero-order valence-electron chi connectivity index (χ0n) is 15.4. The normalized spacial score (nSPS) is 11.6. The lowest BCUT2D eigenvalue weighted by Gasteiger charge is -2.19. The number of hydrogen-bond acceptors (Lipinski definition) is 4. The minimum atomic E-state index is -3.78. The molecule has 1 amide bonds. The molecule has 0 atom stereocenters. The molecule has 6 nitrogen and oxygen atoms in total. The first-order chi connectivity index (χ1) is 11.7. The van der Waals surface area contributed by atoms with E-state index in [1.807, 2.05) is 32.9 Å². The zero-order valence-corrected chi connectivity index (χ0v) is 16.2. The molecule has 0 aliphatic rings. The minimum absolute atomic E-state index is 0.108. The molecule has 0 fully saturated rings. The molecule has 0 saturated carbocycles. The largest absolute Gasteiger partial charge is 0.344 e. The van der Waals surface area contributed by atoms with E-state index >= 15 is 0 Å². The van der Waals surface area contributed by atoms with Gasteiger partial charge in [0.05, 0.1) is 4.90 Å². The van der Waals surface area contributed by atoms with Crippen LogP contribution in [0.15, 0.2) is 34.3 Å². The van der Waals surface area contributed by atoms with Gasteiger partial charge in [-0.25, -0.2) is 13.2 Å². The Hall–Kier alpha value is -2.15. The van der Waals surface area contributed by atoms with E-state index < -0.39 is 9.84 Å². The van der Waals surface area contributed by atoms with Crippen LogP contribution in [0, 0.1) is 20.8 Å². The Kier molecular flexibility index (Phi) is 5.67. The number of carbonyl (C=O) groups is 1. The lowest BCUT2D eigenvalue weighted by Crippen LogP contribution is -2.35. The van der Waals surface area contributed by atoms with Crippen molar-refractivity contribution in [1.29, 1.82) is 0 Å². The highest BCUT2D eigenvalue weighted by atomic mass is 32.2. The van der Waals surface area contributed by atoms with Gasteiger partial charge >= 0.3 is 6.03 Å². The number of rotatable bonds is 5. The van der Waals surface area contributed by atoms with Crippen molar-refractivity contribution in [1.82, 2.24) is 14.7 Å². The highest BCUT2D eigenvalue weighted by molar-refractivity contribution is 7.91. The van der Waals surface area contributed by atoms with E-state index in [0.29, 0.717) is 24.2 Å². The number of sulfone groups is 1. The summed E-state index contributed by atoms with van der Waals surface area (Å²) in [5, 5.41) is 3.94. The first-order valence-corrected chi connectivity index (χ1v) is 9.88. The predicted octanol–water partition coefficient (Wildman–Crippen LogP) is 3.34. The summed E-state index contributed by atoms with van der Waals surface area (Å²) in [4.78, 5) is 14.3. The van der Waals surface area contributed by atoms with Crippen LogP contribution in [0.25, 0.3) is 0 Å². The molecule has 0 bridgehead atoms. The molecule has 0 radical (unpaired) electrons. The summed E-state index contributed by atoms with van der Waals surface area (Å²) in [6, 6.07) is 4.74. The first kappa shape index (κ1) is 19.2. The molecule has 0 spiro atoms. The minimum Gasteiger partial charge on any atom is -0.323 e. The van der Waals surface area contributed by atoms with E-state index in [2.05, 4.69) is 5.10 Å². The van der Waals surface area contributed by atoms with Crippen LogP contribution in [0.3, 0.4) is 0 Å². The van der Waals surface area contributed by atoms with E-state index in [4.69, 9.17) is 0 Å². The van der Waals surface area contributed by atoms with Gasteiger partial charge in [0.15, 0.2) is 5.03 Å². The molecule has 2 aromatic rings. The molecule has 25 heavy (non-hydrogen) atoms. The van der Waals surface area contributed by atoms with E-state index in [1.54, 1.807) is 18.7 Å². The van der Waals surface area contributed by atoms with Crippen molar-refractivity contribution < 1.29 is 13.2 Å². The maximum absolute atomic E-state index is 13.0. The van der Waals surface area contributed by atoms with Crippen molar-refractivity contribution in [2.45, 2.75) is 51.0 Å². The molecule has 0 saturated heterocycles. The summed E-state index contributed by atoms with van der Waals surface area (Å²) in [7, 11) is -3.78. The van der Waals surface area contributed by atoms with Crippen molar-refractivity contribution in [2.75, 3.05) is 13.1 Å². The molecule has 1 aromatic carbocycles. The highest BCUT2D eigenvalue weighted by Crippen LogP contribution is 2.27. The maximum atomic E-state index is 13.0. The van der Waals surface area contributed by atoms with E-state index in [1.165, 1.54) is 12.3 Å². The topological polar surface area (TPSA) is 72.3 Å². The van der Waals surface area contributed by atoms with Crippen LogP contribution in [0.1, 0.15) is 37.0 Å². The molecule has 2 rings (SSSR count).